The number of benzene rings is 1. The average molecular weight is 328 g/mol. The fourth-order valence-electron chi connectivity index (χ4n) is 3.10. The Morgan fingerprint density at radius 1 is 1.48 bits per heavy atom. The highest BCUT2D eigenvalue weighted by atomic mass is 35.5. The van der Waals surface area contributed by atoms with Gasteiger partial charge < -0.3 is 15.4 Å². The molecule has 0 radical (unpaired) electrons. The molecule has 6 heteroatoms. The standard InChI is InChI=1S/C15H19Cl2N3O/c1-15(12-5-4-10(16)7-13(12)17)9-19-14(18)20(15)8-11-3-2-6-21-11/h4-5,7,11H,2-3,6,8-9H2,1H3,(H2,18,19). The van der Waals surface area contributed by atoms with Gasteiger partial charge in [-0.05, 0) is 37.5 Å². The number of ether oxygens (including phenoxy) is 1. The summed E-state index contributed by atoms with van der Waals surface area (Å²) in [4.78, 5) is 6.54. The molecule has 1 saturated heterocycles. The van der Waals surface area contributed by atoms with E-state index in [4.69, 9.17) is 33.7 Å². The van der Waals surface area contributed by atoms with Crippen molar-refractivity contribution in [2.24, 2.45) is 10.7 Å². The highest BCUT2D eigenvalue weighted by molar-refractivity contribution is 6.35. The van der Waals surface area contributed by atoms with E-state index in [-0.39, 0.29) is 11.6 Å². The van der Waals surface area contributed by atoms with E-state index in [0.29, 0.717) is 22.5 Å². The molecule has 2 atom stereocenters. The zero-order valence-corrected chi connectivity index (χ0v) is 13.5. The van der Waals surface area contributed by atoms with Crippen molar-refractivity contribution >= 4 is 29.2 Å². The molecule has 1 aromatic rings. The van der Waals surface area contributed by atoms with Crippen molar-refractivity contribution in [1.29, 1.82) is 0 Å². The number of hydrogen-bond donors (Lipinski definition) is 1. The average Bonchev–Trinajstić information content (AvgIpc) is 3.03. The van der Waals surface area contributed by atoms with Gasteiger partial charge in [-0.15, -0.1) is 0 Å². The number of rotatable bonds is 3. The summed E-state index contributed by atoms with van der Waals surface area (Å²) in [5, 5.41) is 1.28. The van der Waals surface area contributed by atoms with Crippen molar-refractivity contribution in [3.8, 4) is 0 Å². The SMILES string of the molecule is CC1(c2ccc(Cl)cc2Cl)CN=C(N)N1CC1CCCO1. The molecule has 2 heterocycles. The molecule has 2 aliphatic heterocycles. The van der Waals surface area contributed by atoms with Gasteiger partial charge in [0.1, 0.15) is 0 Å². The molecule has 4 nitrogen and oxygen atoms in total. The Balaban J connectivity index is 1.90. The van der Waals surface area contributed by atoms with Gasteiger partial charge >= 0.3 is 0 Å². The van der Waals surface area contributed by atoms with E-state index in [2.05, 4.69) is 16.8 Å². The van der Waals surface area contributed by atoms with Crippen LogP contribution in [-0.2, 0) is 10.3 Å². The summed E-state index contributed by atoms with van der Waals surface area (Å²) in [6, 6.07) is 5.58. The fraction of sp³-hybridized carbons (Fsp3) is 0.533. The highest BCUT2D eigenvalue weighted by Crippen LogP contribution is 2.38. The van der Waals surface area contributed by atoms with E-state index in [0.717, 1.165) is 31.6 Å². The first kappa shape index (κ1) is 14.9. The summed E-state index contributed by atoms with van der Waals surface area (Å²) in [6.07, 6.45) is 2.38. The fourth-order valence-corrected chi connectivity index (χ4v) is 3.71. The molecule has 0 bridgehead atoms. The second kappa shape index (κ2) is 5.67. The maximum atomic E-state index is 6.39. The maximum Gasteiger partial charge on any atom is 0.192 e. The molecular formula is C15H19Cl2N3O. The Labute approximate surface area is 134 Å². The Hall–Kier alpha value is -0.970. The highest BCUT2D eigenvalue weighted by Gasteiger charge is 2.42. The molecule has 0 aromatic heterocycles. The van der Waals surface area contributed by atoms with E-state index in [1.54, 1.807) is 6.07 Å². The Morgan fingerprint density at radius 3 is 2.95 bits per heavy atom. The van der Waals surface area contributed by atoms with E-state index in [1.165, 1.54) is 0 Å². The predicted molar refractivity (Wildman–Crippen MR) is 86.0 cm³/mol. The van der Waals surface area contributed by atoms with Gasteiger partial charge in [-0.3, -0.25) is 4.99 Å². The minimum absolute atomic E-state index is 0.210. The smallest absolute Gasteiger partial charge is 0.192 e. The Morgan fingerprint density at radius 2 is 2.29 bits per heavy atom. The van der Waals surface area contributed by atoms with E-state index in [1.807, 2.05) is 12.1 Å². The molecule has 3 rings (SSSR count). The van der Waals surface area contributed by atoms with Gasteiger partial charge in [-0.1, -0.05) is 29.3 Å². The Bertz CT molecular complexity index is 572. The molecule has 2 aliphatic rings. The van der Waals surface area contributed by atoms with Crippen LogP contribution in [0.2, 0.25) is 10.0 Å². The largest absolute Gasteiger partial charge is 0.376 e. The molecule has 1 fully saturated rings. The van der Waals surface area contributed by atoms with Crippen molar-refractivity contribution in [1.82, 2.24) is 4.90 Å². The number of halogens is 2. The lowest BCUT2D eigenvalue weighted by atomic mass is 9.90. The van der Waals surface area contributed by atoms with Gasteiger partial charge in [0.15, 0.2) is 5.96 Å². The molecule has 0 aliphatic carbocycles. The van der Waals surface area contributed by atoms with Crippen molar-refractivity contribution in [2.45, 2.75) is 31.4 Å². The first-order valence-corrected chi connectivity index (χ1v) is 7.91. The van der Waals surface area contributed by atoms with E-state index < -0.39 is 0 Å². The molecule has 0 amide bonds. The van der Waals surface area contributed by atoms with Crippen LogP contribution in [0.4, 0.5) is 0 Å². The summed E-state index contributed by atoms with van der Waals surface area (Å²) >= 11 is 12.4. The summed E-state index contributed by atoms with van der Waals surface area (Å²) in [7, 11) is 0. The lowest BCUT2D eigenvalue weighted by Gasteiger charge is -2.38. The summed E-state index contributed by atoms with van der Waals surface area (Å²) in [6.45, 7) is 4.27. The van der Waals surface area contributed by atoms with Crippen molar-refractivity contribution in [3.63, 3.8) is 0 Å². The number of aliphatic imine (C=N–C) groups is 1. The lowest BCUT2D eigenvalue weighted by Crippen LogP contribution is -2.50. The summed E-state index contributed by atoms with van der Waals surface area (Å²) < 4.78 is 5.74. The first-order chi connectivity index (χ1) is 10.0. The van der Waals surface area contributed by atoms with Gasteiger partial charge in [0, 0.05) is 23.2 Å². The third-order valence-electron chi connectivity index (χ3n) is 4.34. The topological polar surface area (TPSA) is 50.8 Å². The molecule has 0 saturated carbocycles. The first-order valence-electron chi connectivity index (χ1n) is 7.15. The van der Waals surface area contributed by atoms with Crippen molar-refractivity contribution < 1.29 is 4.74 Å². The number of nitrogens with two attached hydrogens (primary N) is 1. The number of guanidine groups is 1. The minimum atomic E-state index is -0.349. The minimum Gasteiger partial charge on any atom is -0.376 e. The number of nitrogens with zero attached hydrogens (tertiary/aromatic N) is 2. The van der Waals surface area contributed by atoms with Crippen molar-refractivity contribution in [2.75, 3.05) is 19.7 Å². The van der Waals surface area contributed by atoms with Crippen LogP contribution in [0.25, 0.3) is 0 Å². The lowest BCUT2D eigenvalue weighted by molar-refractivity contribution is 0.0690. The summed E-state index contributed by atoms with van der Waals surface area (Å²) in [5.41, 5.74) is 6.75. The van der Waals surface area contributed by atoms with Crippen LogP contribution in [0.1, 0.15) is 25.3 Å². The zero-order valence-electron chi connectivity index (χ0n) is 12.0. The molecule has 114 valence electrons. The van der Waals surface area contributed by atoms with Crippen LogP contribution in [0.3, 0.4) is 0 Å². The predicted octanol–water partition coefficient (Wildman–Crippen LogP) is 3.02. The zero-order chi connectivity index (χ0) is 15.0. The van der Waals surface area contributed by atoms with Gasteiger partial charge in [-0.25, -0.2) is 0 Å². The van der Waals surface area contributed by atoms with Gasteiger partial charge in [0.2, 0.25) is 0 Å². The quantitative estimate of drug-likeness (QED) is 0.928. The third kappa shape index (κ3) is 2.72. The van der Waals surface area contributed by atoms with Crippen LogP contribution < -0.4 is 5.73 Å². The van der Waals surface area contributed by atoms with Crippen LogP contribution in [-0.4, -0.2) is 36.7 Å². The monoisotopic (exact) mass is 327 g/mol. The van der Waals surface area contributed by atoms with Crippen LogP contribution >= 0.6 is 23.2 Å². The van der Waals surface area contributed by atoms with Gasteiger partial charge in [0.05, 0.1) is 18.2 Å². The van der Waals surface area contributed by atoms with Gasteiger partial charge in [-0.2, -0.15) is 0 Å². The molecule has 2 unspecified atom stereocenters. The van der Waals surface area contributed by atoms with Crippen LogP contribution in [0.5, 0.6) is 0 Å². The normalized spacial score (nSPS) is 29.0. The molecule has 0 spiro atoms. The number of hydrogen-bond acceptors (Lipinski definition) is 4. The van der Waals surface area contributed by atoms with Crippen LogP contribution in [0.15, 0.2) is 23.2 Å². The van der Waals surface area contributed by atoms with Gasteiger partial charge in [0.25, 0.3) is 0 Å². The van der Waals surface area contributed by atoms with Crippen LogP contribution in [0, 0.1) is 0 Å². The molecule has 2 N–H and O–H groups in total. The van der Waals surface area contributed by atoms with E-state index >= 15 is 0 Å². The second-order valence-corrected chi connectivity index (χ2v) is 6.66. The Kier molecular flexibility index (Phi) is 4.04. The summed E-state index contributed by atoms with van der Waals surface area (Å²) in [5.74, 6) is 0.555. The van der Waals surface area contributed by atoms with E-state index in [9.17, 15) is 0 Å². The van der Waals surface area contributed by atoms with Crippen molar-refractivity contribution in [3.05, 3.63) is 33.8 Å². The second-order valence-electron chi connectivity index (χ2n) is 5.82. The molecule has 1 aromatic carbocycles. The molecule has 21 heavy (non-hydrogen) atoms. The maximum absolute atomic E-state index is 6.39. The molecular weight excluding hydrogens is 309 g/mol. The third-order valence-corrected chi connectivity index (χ3v) is 4.89.